The lowest BCUT2D eigenvalue weighted by Gasteiger charge is -2.25. The van der Waals surface area contributed by atoms with Crippen LogP contribution in [0.25, 0.3) is 11.3 Å². The highest BCUT2D eigenvalue weighted by atomic mass is 16.3. The van der Waals surface area contributed by atoms with Gasteiger partial charge in [-0.05, 0) is 17.7 Å². The van der Waals surface area contributed by atoms with Crippen molar-refractivity contribution in [3.05, 3.63) is 102 Å². The highest BCUT2D eigenvalue weighted by molar-refractivity contribution is 6.00. The number of aromatic amines is 1. The van der Waals surface area contributed by atoms with Gasteiger partial charge in [-0.3, -0.25) is 9.89 Å². The zero-order valence-electron chi connectivity index (χ0n) is 14.5. The van der Waals surface area contributed by atoms with Crippen LogP contribution >= 0.6 is 0 Å². The Morgan fingerprint density at radius 2 is 1.70 bits per heavy atom. The van der Waals surface area contributed by atoms with E-state index in [2.05, 4.69) is 10.2 Å². The van der Waals surface area contributed by atoms with Crippen LogP contribution < -0.4 is 0 Å². The van der Waals surface area contributed by atoms with Crippen LogP contribution in [-0.2, 0) is 6.54 Å². The molecule has 27 heavy (non-hydrogen) atoms. The summed E-state index contributed by atoms with van der Waals surface area (Å²) >= 11 is 0. The molecule has 0 saturated heterocycles. The number of hydrogen-bond donors (Lipinski definition) is 1. The molecule has 5 heteroatoms. The first-order valence-electron chi connectivity index (χ1n) is 8.85. The number of rotatable bonds is 4. The van der Waals surface area contributed by atoms with Gasteiger partial charge in [0.2, 0.25) is 0 Å². The summed E-state index contributed by atoms with van der Waals surface area (Å²) in [5.41, 5.74) is 4.33. The number of carbonyl (C=O) groups is 1. The third kappa shape index (κ3) is 2.56. The smallest absolute Gasteiger partial charge is 0.273 e. The fraction of sp³-hybridized carbons (Fsp3) is 0.0909. The van der Waals surface area contributed by atoms with E-state index in [0.29, 0.717) is 12.2 Å². The second-order valence-corrected chi connectivity index (χ2v) is 6.55. The summed E-state index contributed by atoms with van der Waals surface area (Å²) in [7, 11) is 0. The minimum atomic E-state index is -0.215. The van der Waals surface area contributed by atoms with Crippen LogP contribution in [0.2, 0.25) is 0 Å². The fourth-order valence-corrected chi connectivity index (χ4v) is 3.73. The molecule has 3 heterocycles. The summed E-state index contributed by atoms with van der Waals surface area (Å²) in [4.78, 5) is 15.0. The molecule has 1 N–H and O–H groups in total. The van der Waals surface area contributed by atoms with Gasteiger partial charge in [0.15, 0.2) is 0 Å². The van der Waals surface area contributed by atoms with Crippen LogP contribution in [0.1, 0.15) is 33.4 Å². The quantitative estimate of drug-likeness (QED) is 0.590. The van der Waals surface area contributed by atoms with Crippen molar-refractivity contribution in [1.82, 2.24) is 15.1 Å². The number of carbonyl (C=O) groups excluding carboxylic acids is 1. The van der Waals surface area contributed by atoms with Gasteiger partial charge in [-0.15, -0.1) is 0 Å². The summed E-state index contributed by atoms with van der Waals surface area (Å²) in [6.45, 7) is 0.405. The number of nitrogens with zero attached hydrogens (tertiary/aromatic N) is 2. The molecule has 132 valence electrons. The summed E-state index contributed by atoms with van der Waals surface area (Å²) < 4.78 is 5.50. The summed E-state index contributed by atoms with van der Waals surface area (Å²) in [5, 5.41) is 7.44. The molecule has 1 aliphatic rings. The second-order valence-electron chi connectivity index (χ2n) is 6.55. The van der Waals surface area contributed by atoms with Crippen molar-refractivity contribution in [2.24, 2.45) is 0 Å². The first kappa shape index (κ1) is 15.6. The van der Waals surface area contributed by atoms with E-state index in [9.17, 15) is 4.79 Å². The van der Waals surface area contributed by atoms with Gasteiger partial charge in [-0.25, -0.2) is 0 Å². The number of aromatic nitrogens is 2. The molecule has 2 aromatic heterocycles. The first-order valence-corrected chi connectivity index (χ1v) is 8.85. The maximum absolute atomic E-state index is 13.2. The lowest BCUT2D eigenvalue weighted by molar-refractivity contribution is 0.0717. The van der Waals surface area contributed by atoms with Crippen molar-refractivity contribution in [1.29, 1.82) is 0 Å². The highest BCUT2D eigenvalue weighted by Crippen LogP contribution is 2.43. The largest absolute Gasteiger partial charge is 0.467 e. The molecule has 2 aromatic carbocycles. The summed E-state index contributed by atoms with van der Waals surface area (Å²) in [6, 6.07) is 23.5. The van der Waals surface area contributed by atoms with Gasteiger partial charge in [0.1, 0.15) is 11.5 Å². The molecule has 4 aromatic rings. The fourth-order valence-electron chi connectivity index (χ4n) is 3.73. The molecule has 5 nitrogen and oxygen atoms in total. The van der Waals surface area contributed by atoms with Crippen LogP contribution in [0, 0.1) is 0 Å². The van der Waals surface area contributed by atoms with Crippen molar-refractivity contribution < 1.29 is 9.21 Å². The van der Waals surface area contributed by atoms with E-state index in [4.69, 9.17) is 4.42 Å². The molecule has 1 unspecified atom stereocenters. The third-order valence-electron chi connectivity index (χ3n) is 4.93. The number of hydrogen-bond acceptors (Lipinski definition) is 3. The van der Waals surface area contributed by atoms with Crippen LogP contribution in [-0.4, -0.2) is 21.0 Å². The van der Waals surface area contributed by atoms with Crippen molar-refractivity contribution in [3.8, 4) is 11.3 Å². The van der Waals surface area contributed by atoms with Crippen molar-refractivity contribution in [2.75, 3.05) is 0 Å². The van der Waals surface area contributed by atoms with Gasteiger partial charge < -0.3 is 9.32 Å². The SMILES string of the molecule is O=C1c2[nH]nc(-c3ccccc3)c2C(c2ccccc2)N1Cc1ccco1. The predicted molar refractivity (Wildman–Crippen MR) is 101 cm³/mol. The van der Waals surface area contributed by atoms with E-state index in [-0.39, 0.29) is 11.9 Å². The number of fused-ring (bicyclic) bond motifs is 1. The highest BCUT2D eigenvalue weighted by Gasteiger charge is 2.42. The standard InChI is InChI=1S/C22H17N3O2/c26-22-20-18(19(23-24-20)15-8-3-1-4-9-15)21(16-10-5-2-6-11-16)25(22)14-17-12-7-13-27-17/h1-13,21H,14H2,(H,23,24). The first-order chi connectivity index (χ1) is 13.3. The Balaban J connectivity index is 1.66. The molecular formula is C22H17N3O2. The van der Waals surface area contributed by atoms with E-state index >= 15 is 0 Å². The minimum absolute atomic E-state index is 0.0649. The average molecular weight is 355 g/mol. The van der Waals surface area contributed by atoms with Gasteiger partial charge in [0.05, 0.1) is 24.5 Å². The van der Waals surface area contributed by atoms with E-state index in [0.717, 1.165) is 28.1 Å². The average Bonchev–Trinajstić information content (AvgIpc) is 3.43. The van der Waals surface area contributed by atoms with Gasteiger partial charge in [0.25, 0.3) is 5.91 Å². The normalized spacial score (nSPS) is 15.9. The maximum Gasteiger partial charge on any atom is 0.273 e. The van der Waals surface area contributed by atoms with Gasteiger partial charge in [0, 0.05) is 11.1 Å². The van der Waals surface area contributed by atoms with Gasteiger partial charge >= 0.3 is 0 Å². The van der Waals surface area contributed by atoms with Gasteiger partial charge in [-0.2, -0.15) is 5.10 Å². The number of amides is 1. The number of furan rings is 1. The van der Waals surface area contributed by atoms with Crippen LogP contribution in [0.15, 0.2) is 83.5 Å². The van der Waals surface area contributed by atoms with Crippen molar-refractivity contribution in [3.63, 3.8) is 0 Å². The maximum atomic E-state index is 13.2. The number of nitrogens with one attached hydrogen (secondary N) is 1. The predicted octanol–water partition coefficient (Wildman–Crippen LogP) is 4.42. The van der Waals surface area contributed by atoms with Crippen LogP contribution in [0.4, 0.5) is 0 Å². The topological polar surface area (TPSA) is 62.1 Å². The van der Waals surface area contributed by atoms with E-state index in [1.165, 1.54) is 0 Å². The molecule has 5 rings (SSSR count). The zero-order chi connectivity index (χ0) is 18.2. The molecule has 1 amide bonds. The van der Waals surface area contributed by atoms with Crippen LogP contribution in [0.3, 0.4) is 0 Å². The van der Waals surface area contributed by atoms with E-state index in [1.807, 2.05) is 77.7 Å². The Hall–Kier alpha value is -3.60. The molecule has 0 fully saturated rings. The molecule has 0 saturated carbocycles. The summed E-state index contributed by atoms with van der Waals surface area (Å²) in [5.74, 6) is 0.689. The number of H-pyrrole nitrogens is 1. The third-order valence-corrected chi connectivity index (χ3v) is 4.93. The van der Waals surface area contributed by atoms with Crippen molar-refractivity contribution >= 4 is 5.91 Å². The Kier molecular flexibility index (Phi) is 3.64. The van der Waals surface area contributed by atoms with Gasteiger partial charge in [-0.1, -0.05) is 60.7 Å². The zero-order valence-corrected chi connectivity index (χ0v) is 14.5. The molecule has 0 spiro atoms. The van der Waals surface area contributed by atoms with Crippen molar-refractivity contribution in [2.45, 2.75) is 12.6 Å². The molecule has 0 aliphatic carbocycles. The Morgan fingerprint density at radius 1 is 0.963 bits per heavy atom. The lowest BCUT2D eigenvalue weighted by atomic mass is 9.96. The lowest BCUT2D eigenvalue weighted by Crippen LogP contribution is -2.28. The van der Waals surface area contributed by atoms with E-state index < -0.39 is 0 Å². The molecular weight excluding hydrogens is 338 g/mol. The molecule has 0 bridgehead atoms. The Labute approximate surface area is 156 Å². The van der Waals surface area contributed by atoms with E-state index in [1.54, 1.807) is 6.26 Å². The molecule has 1 atom stereocenters. The monoisotopic (exact) mass is 355 g/mol. The molecule has 0 radical (unpaired) electrons. The van der Waals surface area contributed by atoms with Crippen LogP contribution in [0.5, 0.6) is 0 Å². The Morgan fingerprint density at radius 3 is 2.41 bits per heavy atom. The number of benzene rings is 2. The summed E-state index contributed by atoms with van der Waals surface area (Å²) in [6.07, 6.45) is 1.63. The molecule has 1 aliphatic heterocycles. The minimum Gasteiger partial charge on any atom is -0.467 e. The second kappa shape index (κ2) is 6.29. The Bertz CT molecular complexity index is 1070.